The van der Waals surface area contributed by atoms with Crippen LogP contribution >= 0.6 is 0 Å². The molecule has 0 bridgehead atoms. The van der Waals surface area contributed by atoms with Crippen molar-refractivity contribution in [3.8, 4) is 17.2 Å². The fourth-order valence-corrected chi connectivity index (χ4v) is 2.77. The van der Waals surface area contributed by atoms with Gasteiger partial charge in [0.05, 0.1) is 0 Å². The molecule has 2 aromatic rings. The lowest BCUT2D eigenvalue weighted by Crippen LogP contribution is -2.30. The summed E-state index contributed by atoms with van der Waals surface area (Å²) in [5.74, 6) is 2.60. The first-order chi connectivity index (χ1) is 12.5. The van der Waals surface area contributed by atoms with Crippen LogP contribution in [0.25, 0.3) is 0 Å². The molecule has 1 aliphatic rings. The lowest BCUT2D eigenvalue weighted by molar-refractivity contribution is -0.123. The second-order valence-electron chi connectivity index (χ2n) is 6.76. The van der Waals surface area contributed by atoms with E-state index < -0.39 is 0 Å². The van der Waals surface area contributed by atoms with Crippen molar-refractivity contribution in [2.75, 3.05) is 19.9 Å². The number of benzene rings is 2. The second kappa shape index (κ2) is 8.13. The van der Waals surface area contributed by atoms with Gasteiger partial charge >= 0.3 is 0 Å². The fraction of sp³-hybridized carbons (Fsp3) is 0.381. The van der Waals surface area contributed by atoms with Gasteiger partial charge in [-0.3, -0.25) is 4.79 Å². The van der Waals surface area contributed by atoms with Crippen LogP contribution in [0, 0.1) is 6.92 Å². The summed E-state index contributed by atoms with van der Waals surface area (Å²) in [6, 6.07) is 12.0. The fourth-order valence-electron chi connectivity index (χ4n) is 2.77. The van der Waals surface area contributed by atoms with E-state index in [1.165, 1.54) is 5.56 Å². The minimum Gasteiger partial charge on any atom is -0.483 e. The zero-order valence-corrected chi connectivity index (χ0v) is 15.5. The van der Waals surface area contributed by atoms with Gasteiger partial charge in [0, 0.05) is 6.54 Å². The molecule has 3 rings (SSSR count). The van der Waals surface area contributed by atoms with E-state index in [1.807, 2.05) is 37.3 Å². The molecule has 2 aromatic carbocycles. The Morgan fingerprint density at radius 2 is 1.96 bits per heavy atom. The molecule has 5 nitrogen and oxygen atoms in total. The van der Waals surface area contributed by atoms with Crippen LogP contribution in [-0.2, 0) is 11.2 Å². The average Bonchev–Trinajstić information content (AvgIpc) is 3.08. The van der Waals surface area contributed by atoms with Crippen molar-refractivity contribution < 1.29 is 19.0 Å². The van der Waals surface area contributed by atoms with E-state index >= 15 is 0 Å². The molecular weight excluding hydrogens is 330 g/mol. The van der Waals surface area contributed by atoms with Gasteiger partial charge in [0.1, 0.15) is 5.75 Å². The van der Waals surface area contributed by atoms with Gasteiger partial charge in [0.25, 0.3) is 5.91 Å². The Kier molecular flexibility index (Phi) is 5.66. The Hall–Kier alpha value is -2.69. The van der Waals surface area contributed by atoms with Crippen molar-refractivity contribution in [1.82, 2.24) is 5.32 Å². The number of aryl methyl sites for hydroxylation is 1. The zero-order valence-electron chi connectivity index (χ0n) is 15.5. The smallest absolute Gasteiger partial charge is 0.257 e. The summed E-state index contributed by atoms with van der Waals surface area (Å²) in [5, 5.41) is 2.89. The maximum Gasteiger partial charge on any atom is 0.257 e. The van der Waals surface area contributed by atoms with Gasteiger partial charge in [0.2, 0.25) is 6.79 Å². The highest BCUT2D eigenvalue weighted by molar-refractivity contribution is 5.77. The van der Waals surface area contributed by atoms with Crippen molar-refractivity contribution in [1.29, 1.82) is 0 Å². The summed E-state index contributed by atoms with van der Waals surface area (Å²) < 4.78 is 16.4. The van der Waals surface area contributed by atoms with E-state index in [2.05, 4.69) is 25.2 Å². The van der Waals surface area contributed by atoms with Crippen molar-refractivity contribution in [2.45, 2.75) is 33.1 Å². The lowest BCUT2D eigenvalue weighted by atomic mass is 10.0. The van der Waals surface area contributed by atoms with E-state index in [0.29, 0.717) is 12.5 Å². The standard InChI is InChI=1S/C21H25NO4/c1-14(2)17-6-4-15(3)19(11-17)24-12-21(23)22-9-8-16-5-7-18-20(10-16)26-13-25-18/h4-7,10-11,14H,8-9,12-13H2,1-3H3,(H,22,23). The zero-order chi connectivity index (χ0) is 18.5. The van der Waals surface area contributed by atoms with Crippen LogP contribution in [0.1, 0.15) is 36.5 Å². The third kappa shape index (κ3) is 4.48. The third-order valence-corrected chi connectivity index (χ3v) is 4.41. The van der Waals surface area contributed by atoms with Crippen molar-refractivity contribution in [3.05, 3.63) is 53.1 Å². The maximum absolute atomic E-state index is 12.0. The number of hydrogen-bond donors (Lipinski definition) is 1. The van der Waals surface area contributed by atoms with Crippen LogP contribution in [0.15, 0.2) is 36.4 Å². The Labute approximate surface area is 154 Å². The molecule has 1 heterocycles. The molecule has 0 aromatic heterocycles. The Balaban J connectivity index is 1.45. The molecule has 0 unspecified atom stereocenters. The Morgan fingerprint density at radius 3 is 2.77 bits per heavy atom. The molecular formula is C21H25NO4. The third-order valence-electron chi connectivity index (χ3n) is 4.41. The van der Waals surface area contributed by atoms with E-state index in [-0.39, 0.29) is 19.3 Å². The van der Waals surface area contributed by atoms with E-state index in [4.69, 9.17) is 14.2 Å². The quantitative estimate of drug-likeness (QED) is 0.825. The van der Waals surface area contributed by atoms with Crippen LogP contribution in [0.2, 0.25) is 0 Å². The summed E-state index contributed by atoms with van der Waals surface area (Å²) in [6.45, 7) is 7.09. The van der Waals surface area contributed by atoms with Crippen LogP contribution in [0.3, 0.4) is 0 Å². The highest BCUT2D eigenvalue weighted by Gasteiger charge is 2.13. The summed E-state index contributed by atoms with van der Waals surface area (Å²) in [7, 11) is 0. The highest BCUT2D eigenvalue weighted by Crippen LogP contribution is 2.32. The van der Waals surface area contributed by atoms with Crippen molar-refractivity contribution in [3.63, 3.8) is 0 Å². The number of amides is 1. The average molecular weight is 355 g/mol. The van der Waals surface area contributed by atoms with Crippen LogP contribution in [0.4, 0.5) is 0 Å². The molecule has 0 fully saturated rings. The molecule has 138 valence electrons. The molecule has 1 aliphatic heterocycles. The Morgan fingerprint density at radius 1 is 1.15 bits per heavy atom. The van der Waals surface area contributed by atoms with Gasteiger partial charge in [-0.1, -0.05) is 32.0 Å². The predicted octanol–water partition coefficient (Wildman–Crippen LogP) is 3.58. The number of carbonyl (C=O) groups excluding carboxylic acids is 1. The molecule has 0 radical (unpaired) electrons. The largest absolute Gasteiger partial charge is 0.483 e. The van der Waals surface area contributed by atoms with Crippen LogP contribution < -0.4 is 19.5 Å². The molecule has 0 saturated heterocycles. The monoisotopic (exact) mass is 355 g/mol. The van der Waals surface area contributed by atoms with Crippen LogP contribution in [0.5, 0.6) is 17.2 Å². The number of rotatable bonds is 7. The number of fused-ring (bicyclic) bond motifs is 1. The van der Waals surface area contributed by atoms with Crippen LogP contribution in [-0.4, -0.2) is 25.9 Å². The number of ether oxygens (including phenoxy) is 3. The van der Waals surface area contributed by atoms with Gasteiger partial charge in [-0.05, 0) is 54.2 Å². The molecule has 0 atom stereocenters. The summed E-state index contributed by atoms with van der Waals surface area (Å²) in [6.07, 6.45) is 0.726. The minimum absolute atomic E-state index is 0.0174. The molecule has 0 spiro atoms. The van der Waals surface area contributed by atoms with Crippen molar-refractivity contribution in [2.24, 2.45) is 0 Å². The lowest BCUT2D eigenvalue weighted by Gasteiger charge is -2.13. The predicted molar refractivity (Wildman–Crippen MR) is 100 cm³/mol. The number of nitrogens with one attached hydrogen (secondary N) is 1. The maximum atomic E-state index is 12.0. The molecule has 26 heavy (non-hydrogen) atoms. The first-order valence-corrected chi connectivity index (χ1v) is 8.91. The topological polar surface area (TPSA) is 56.8 Å². The number of hydrogen-bond acceptors (Lipinski definition) is 4. The molecule has 5 heteroatoms. The van der Waals surface area contributed by atoms with E-state index in [1.54, 1.807) is 0 Å². The summed E-state index contributed by atoms with van der Waals surface area (Å²) in [5.41, 5.74) is 3.33. The summed E-state index contributed by atoms with van der Waals surface area (Å²) in [4.78, 5) is 12.0. The minimum atomic E-state index is -0.125. The molecule has 0 aliphatic carbocycles. The summed E-state index contributed by atoms with van der Waals surface area (Å²) >= 11 is 0. The van der Waals surface area contributed by atoms with Gasteiger partial charge in [-0.2, -0.15) is 0 Å². The first kappa shape index (κ1) is 18.1. The first-order valence-electron chi connectivity index (χ1n) is 8.91. The second-order valence-corrected chi connectivity index (χ2v) is 6.76. The molecule has 1 amide bonds. The highest BCUT2D eigenvalue weighted by atomic mass is 16.7. The van der Waals surface area contributed by atoms with E-state index in [9.17, 15) is 4.79 Å². The Bertz CT molecular complexity index is 786. The molecule has 1 N–H and O–H groups in total. The number of carbonyl (C=O) groups is 1. The van der Waals surface area contributed by atoms with Gasteiger partial charge in [-0.15, -0.1) is 0 Å². The normalized spacial score (nSPS) is 12.3. The molecule has 0 saturated carbocycles. The van der Waals surface area contributed by atoms with Crippen molar-refractivity contribution >= 4 is 5.91 Å². The van der Waals surface area contributed by atoms with Gasteiger partial charge < -0.3 is 19.5 Å². The van der Waals surface area contributed by atoms with Gasteiger partial charge in [-0.25, -0.2) is 0 Å². The van der Waals surface area contributed by atoms with E-state index in [0.717, 1.165) is 34.8 Å². The SMILES string of the molecule is Cc1ccc(C(C)C)cc1OCC(=O)NCCc1ccc2c(c1)OCO2. The van der Waals surface area contributed by atoms with Gasteiger partial charge in [0.15, 0.2) is 18.1 Å².